The topological polar surface area (TPSA) is 79.7 Å². The Morgan fingerprint density at radius 3 is 2.79 bits per heavy atom. The van der Waals surface area contributed by atoms with Crippen LogP contribution >= 0.6 is 11.3 Å². The molecule has 2 aliphatic rings. The largest absolute Gasteiger partial charge is 0.465 e. The SMILES string of the molecule is CCOC(=O)c1csc(C2[C@H]3CN(C(=O)O)C[C@@H]23)n1. The molecule has 102 valence electrons. The Kier molecular flexibility index (Phi) is 2.93. The van der Waals surface area contributed by atoms with E-state index >= 15 is 0 Å². The molecule has 1 aromatic heterocycles. The molecule has 1 amide bonds. The van der Waals surface area contributed by atoms with Gasteiger partial charge < -0.3 is 14.7 Å². The molecule has 2 fully saturated rings. The van der Waals surface area contributed by atoms with Crippen molar-refractivity contribution in [3.05, 3.63) is 16.1 Å². The number of carbonyl (C=O) groups is 2. The summed E-state index contributed by atoms with van der Waals surface area (Å²) >= 11 is 1.46. The maximum absolute atomic E-state index is 11.5. The van der Waals surface area contributed by atoms with Crippen LogP contribution in [0.1, 0.15) is 28.3 Å². The summed E-state index contributed by atoms with van der Waals surface area (Å²) in [7, 11) is 0. The fraction of sp³-hybridized carbons (Fsp3) is 0.583. The van der Waals surface area contributed by atoms with E-state index in [0.717, 1.165) is 5.01 Å². The van der Waals surface area contributed by atoms with E-state index in [-0.39, 0.29) is 5.97 Å². The fourth-order valence-electron chi connectivity index (χ4n) is 2.79. The number of aromatic nitrogens is 1. The van der Waals surface area contributed by atoms with Crippen molar-refractivity contribution in [3.8, 4) is 0 Å². The van der Waals surface area contributed by atoms with Crippen LogP contribution in [0, 0.1) is 11.8 Å². The number of fused-ring (bicyclic) bond motifs is 1. The molecule has 3 atom stereocenters. The highest BCUT2D eigenvalue weighted by atomic mass is 32.1. The maximum atomic E-state index is 11.5. The van der Waals surface area contributed by atoms with Gasteiger partial charge in [0.2, 0.25) is 0 Å². The molecule has 1 aliphatic carbocycles. The summed E-state index contributed by atoms with van der Waals surface area (Å²) in [5, 5.41) is 11.5. The van der Waals surface area contributed by atoms with E-state index in [0.29, 0.717) is 43.1 Å². The summed E-state index contributed by atoms with van der Waals surface area (Å²) in [6.07, 6.45) is -0.850. The zero-order valence-electron chi connectivity index (χ0n) is 10.4. The first kappa shape index (κ1) is 12.4. The van der Waals surface area contributed by atoms with Crippen molar-refractivity contribution < 1.29 is 19.4 Å². The molecule has 1 saturated carbocycles. The van der Waals surface area contributed by atoms with Gasteiger partial charge in [-0.3, -0.25) is 0 Å². The predicted octanol–water partition coefficient (Wildman–Crippen LogP) is 1.64. The number of hydrogen-bond acceptors (Lipinski definition) is 5. The second kappa shape index (κ2) is 4.48. The zero-order valence-corrected chi connectivity index (χ0v) is 11.2. The van der Waals surface area contributed by atoms with Crippen molar-refractivity contribution in [2.24, 2.45) is 11.8 Å². The molecular weight excluding hydrogens is 268 g/mol. The average Bonchev–Trinajstić information content (AvgIpc) is 2.82. The Morgan fingerprint density at radius 2 is 2.21 bits per heavy atom. The number of amides is 1. The third-order valence-electron chi connectivity index (χ3n) is 3.76. The Hall–Kier alpha value is -1.63. The molecule has 0 bridgehead atoms. The molecule has 1 N–H and O–H groups in total. The van der Waals surface area contributed by atoms with Crippen LogP contribution in [0.15, 0.2) is 5.38 Å². The van der Waals surface area contributed by atoms with Crippen LogP contribution in [0.2, 0.25) is 0 Å². The lowest BCUT2D eigenvalue weighted by atomic mass is 10.3. The zero-order chi connectivity index (χ0) is 13.6. The number of thiazole rings is 1. The number of carbonyl (C=O) groups excluding carboxylic acids is 1. The van der Waals surface area contributed by atoms with Crippen molar-refractivity contribution in [3.63, 3.8) is 0 Å². The normalized spacial score (nSPS) is 28.1. The van der Waals surface area contributed by atoms with E-state index in [4.69, 9.17) is 9.84 Å². The third-order valence-corrected chi connectivity index (χ3v) is 4.70. The molecule has 1 saturated heterocycles. The molecule has 0 radical (unpaired) electrons. The number of piperidine rings is 1. The minimum Gasteiger partial charge on any atom is -0.465 e. The molecule has 1 aromatic rings. The lowest BCUT2D eigenvalue weighted by Gasteiger charge is -2.14. The van der Waals surface area contributed by atoms with Crippen molar-refractivity contribution in [1.29, 1.82) is 0 Å². The Morgan fingerprint density at radius 1 is 1.53 bits per heavy atom. The number of likely N-dealkylation sites (tertiary alicyclic amines) is 1. The summed E-state index contributed by atoms with van der Waals surface area (Å²) in [5.74, 6) is 0.682. The van der Waals surface area contributed by atoms with Gasteiger partial charge in [-0.1, -0.05) is 0 Å². The number of carboxylic acid groups (broad SMARTS) is 1. The van der Waals surface area contributed by atoms with E-state index in [1.807, 2.05) is 0 Å². The second-order valence-corrected chi connectivity index (χ2v) is 5.72. The molecule has 7 heteroatoms. The first-order chi connectivity index (χ1) is 9.11. The van der Waals surface area contributed by atoms with Gasteiger partial charge in [0.25, 0.3) is 0 Å². The van der Waals surface area contributed by atoms with Gasteiger partial charge in [0.1, 0.15) is 0 Å². The Balaban J connectivity index is 1.64. The van der Waals surface area contributed by atoms with Gasteiger partial charge in [-0.2, -0.15) is 0 Å². The predicted molar refractivity (Wildman–Crippen MR) is 67.4 cm³/mol. The summed E-state index contributed by atoms with van der Waals surface area (Å²) in [6.45, 7) is 3.27. The summed E-state index contributed by atoms with van der Waals surface area (Å²) in [6, 6.07) is 0. The molecular formula is C12H14N2O4S. The molecule has 2 heterocycles. The number of hydrogen-bond donors (Lipinski definition) is 1. The van der Waals surface area contributed by atoms with Crippen molar-refractivity contribution in [2.45, 2.75) is 12.8 Å². The van der Waals surface area contributed by atoms with E-state index < -0.39 is 6.09 Å². The van der Waals surface area contributed by atoms with Crippen LogP contribution in [0.5, 0.6) is 0 Å². The molecule has 1 unspecified atom stereocenters. The molecule has 0 aromatic carbocycles. The first-order valence-corrected chi connectivity index (χ1v) is 7.10. The average molecular weight is 282 g/mol. The van der Waals surface area contributed by atoms with Crippen molar-refractivity contribution >= 4 is 23.4 Å². The molecule has 3 rings (SSSR count). The maximum Gasteiger partial charge on any atom is 0.407 e. The Bertz CT molecular complexity index is 518. The summed E-state index contributed by atoms with van der Waals surface area (Å²) in [4.78, 5) is 28.1. The fourth-order valence-corrected chi connectivity index (χ4v) is 3.83. The number of esters is 1. The van der Waals surface area contributed by atoms with Crippen LogP contribution < -0.4 is 0 Å². The minimum atomic E-state index is -0.850. The van der Waals surface area contributed by atoms with Crippen LogP contribution in [-0.2, 0) is 4.74 Å². The summed E-state index contributed by atoms with van der Waals surface area (Å²) in [5.41, 5.74) is 0.363. The lowest BCUT2D eigenvalue weighted by Crippen LogP contribution is -2.29. The van der Waals surface area contributed by atoms with Gasteiger partial charge in [0.05, 0.1) is 11.6 Å². The van der Waals surface area contributed by atoms with E-state index in [1.54, 1.807) is 12.3 Å². The Labute approximate surface area is 114 Å². The van der Waals surface area contributed by atoms with Gasteiger partial charge in [0.15, 0.2) is 5.69 Å². The van der Waals surface area contributed by atoms with E-state index in [9.17, 15) is 9.59 Å². The van der Waals surface area contributed by atoms with Crippen LogP contribution in [-0.4, -0.2) is 46.7 Å². The first-order valence-electron chi connectivity index (χ1n) is 6.22. The van der Waals surface area contributed by atoms with Gasteiger partial charge >= 0.3 is 12.1 Å². The molecule has 19 heavy (non-hydrogen) atoms. The monoisotopic (exact) mass is 282 g/mol. The van der Waals surface area contributed by atoms with Crippen molar-refractivity contribution in [2.75, 3.05) is 19.7 Å². The van der Waals surface area contributed by atoms with E-state index in [2.05, 4.69) is 4.98 Å². The van der Waals surface area contributed by atoms with E-state index in [1.165, 1.54) is 16.2 Å². The van der Waals surface area contributed by atoms with Crippen LogP contribution in [0.4, 0.5) is 4.79 Å². The molecule has 6 nitrogen and oxygen atoms in total. The third kappa shape index (κ3) is 2.07. The number of ether oxygens (including phenoxy) is 1. The lowest BCUT2D eigenvalue weighted by molar-refractivity contribution is 0.0520. The van der Waals surface area contributed by atoms with Crippen LogP contribution in [0.3, 0.4) is 0 Å². The standard InChI is InChI=1S/C12H14N2O4S/c1-2-18-11(15)8-5-19-10(13-8)9-6-3-14(12(16)17)4-7(6)9/h5-7,9H,2-4H2,1H3,(H,16,17)/t6-,7+,9?. The van der Waals surface area contributed by atoms with Crippen molar-refractivity contribution in [1.82, 2.24) is 9.88 Å². The molecule has 0 spiro atoms. The van der Waals surface area contributed by atoms with Gasteiger partial charge in [-0.15, -0.1) is 11.3 Å². The highest BCUT2D eigenvalue weighted by Gasteiger charge is 2.58. The number of rotatable bonds is 3. The smallest absolute Gasteiger partial charge is 0.407 e. The van der Waals surface area contributed by atoms with Gasteiger partial charge in [0, 0.05) is 24.4 Å². The quantitative estimate of drug-likeness (QED) is 0.853. The van der Waals surface area contributed by atoms with Gasteiger partial charge in [-0.05, 0) is 18.8 Å². The van der Waals surface area contributed by atoms with Crippen LogP contribution in [0.25, 0.3) is 0 Å². The minimum absolute atomic E-state index is 0.323. The highest BCUT2D eigenvalue weighted by Crippen LogP contribution is 2.58. The number of nitrogens with zero attached hydrogens (tertiary/aromatic N) is 2. The summed E-state index contributed by atoms with van der Waals surface area (Å²) < 4.78 is 4.90. The highest BCUT2D eigenvalue weighted by molar-refractivity contribution is 7.10. The second-order valence-electron chi connectivity index (χ2n) is 4.83. The van der Waals surface area contributed by atoms with Gasteiger partial charge in [-0.25, -0.2) is 14.6 Å². The molecule has 1 aliphatic heterocycles.